The highest BCUT2D eigenvalue weighted by atomic mass is 16.1. The zero-order chi connectivity index (χ0) is 10.1. The summed E-state index contributed by atoms with van der Waals surface area (Å²) in [5.74, 6) is 0.0105. The van der Waals surface area contributed by atoms with Crippen molar-refractivity contribution < 1.29 is 4.79 Å². The second-order valence-electron chi connectivity index (χ2n) is 4.56. The van der Waals surface area contributed by atoms with Gasteiger partial charge in [0.2, 0.25) is 5.91 Å². The van der Waals surface area contributed by atoms with Crippen LogP contribution in [0.25, 0.3) is 0 Å². The van der Waals surface area contributed by atoms with Gasteiger partial charge in [-0.2, -0.15) is 0 Å². The van der Waals surface area contributed by atoms with E-state index >= 15 is 0 Å². The second-order valence-corrected chi connectivity index (χ2v) is 4.56. The Hall–Kier alpha value is -0.830. The van der Waals surface area contributed by atoms with Gasteiger partial charge in [-0.25, -0.2) is 0 Å². The normalized spacial score (nSPS) is 35.4. The van der Waals surface area contributed by atoms with Crippen LogP contribution in [0.1, 0.15) is 32.6 Å². The Morgan fingerprint density at radius 2 is 1.93 bits per heavy atom. The Bertz CT molecular complexity index is 250. The van der Waals surface area contributed by atoms with Gasteiger partial charge in [-0.3, -0.25) is 4.79 Å². The highest BCUT2D eigenvalue weighted by Gasteiger charge is 2.33. The lowest BCUT2D eigenvalue weighted by atomic mass is 9.99. The van der Waals surface area contributed by atoms with Gasteiger partial charge in [0.05, 0.1) is 0 Å². The van der Waals surface area contributed by atoms with Gasteiger partial charge in [-0.1, -0.05) is 6.58 Å². The Morgan fingerprint density at radius 3 is 2.43 bits per heavy atom. The summed E-state index contributed by atoms with van der Waals surface area (Å²) in [7, 11) is 0. The van der Waals surface area contributed by atoms with Crippen molar-refractivity contribution in [2.75, 3.05) is 0 Å². The molecule has 2 aliphatic rings. The number of rotatable bonds is 2. The molecule has 0 aromatic rings. The fourth-order valence-electron chi connectivity index (χ4n) is 2.48. The van der Waals surface area contributed by atoms with Crippen molar-refractivity contribution in [3.63, 3.8) is 0 Å². The van der Waals surface area contributed by atoms with Crippen LogP contribution in [0.2, 0.25) is 0 Å². The third-order valence-corrected chi connectivity index (χ3v) is 3.20. The molecule has 3 nitrogen and oxygen atoms in total. The topological polar surface area (TPSA) is 41.1 Å². The number of fused-ring (bicyclic) bond motifs is 2. The van der Waals surface area contributed by atoms with Gasteiger partial charge in [-0.05, 0) is 32.6 Å². The second kappa shape index (κ2) is 3.73. The van der Waals surface area contributed by atoms with E-state index < -0.39 is 0 Å². The Balaban J connectivity index is 1.88. The number of hydrogen-bond acceptors (Lipinski definition) is 2. The average Bonchev–Trinajstić information content (AvgIpc) is 2.45. The van der Waals surface area contributed by atoms with Crippen LogP contribution in [0, 0.1) is 0 Å². The number of carbonyl (C=O) groups is 1. The molecule has 3 heteroatoms. The van der Waals surface area contributed by atoms with Gasteiger partial charge in [0, 0.05) is 23.7 Å². The molecule has 14 heavy (non-hydrogen) atoms. The molecule has 2 saturated heterocycles. The van der Waals surface area contributed by atoms with E-state index in [-0.39, 0.29) is 5.91 Å². The summed E-state index contributed by atoms with van der Waals surface area (Å²) in [6, 6.07) is 1.62. The Labute approximate surface area is 84.9 Å². The average molecular weight is 194 g/mol. The highest BCUT2D eigenvalue weighted by molar-refractivity contribution is 5.92. The summed E-state index contributed by atoms with van der Waals surface area (Å²) in [6.45, 7) is 5.40. The molecule has 2 unspecified atom stereocenters. The summed E-state index contributed by atoms with van der Waals surface area (Å²) in [4.78, 5) is 11.4. The molecular formula is C11H18N2O. The van der Waals surface area contributed by atoms with E-state index in [0.29, 0.717) is 23.7 Å². The van der Waals surface area contributed by atoms with E-state index in [2.05, 4.69) is 17.2 Å². The van der Waals surface area contributed by atoms with E-state index in [1.807, 2.05) is 0 Å². The number of nitrogens with one attached hydrogen (secondary N) is 2. The number of piperidine rings is 1. The molecular weight excluding hydrogens is 176 g/mol. The lowest BCUT2D eigenvalue weighted by Crippen LogP contribution is -2.48. The molecule has 78 valence electrons. The minimum Gasteiger partial charge on any atom is -0.349 e. The molecule has 2 rings (SSSR count). The summed E-state index contributed by atoms with van der Waals surface area (Å²) in [5, 5.41) is 6.59. The Morgan fingerprint density at radius 1 is 1.36 bits per heavy atom. The number of amides is 1. The number of hydrogen-bond donors (Lipinski definition) is 2. The molecule has 0 aromatic heterocycles. The van der Waals surface area contributed by atoms with Gasteiger partial charge >= 0.3 is 0 Å². The lowest BCUT2D eigenvalue weighted by molar-refractivity contribution is -0.118. The first kappa shape index (κ1) is 9.71. The monoisotopic (exact) mass is 194 g/mol. The molecule has 0 aromatic carbocycles. The van der Waals surface area contributed by atoms with E-state index in [1.165, 1.54) is 12.8 Å². The van der Waals surface area contributed by atoms with Crippen molar-refractivity contribution in [2.24, 2.45) is 0 Å². The molecule has 0 aliphatic carbocycles. The fraction of sp³-hybridized carbons (Fsp3) is 0.727. The lowest BCUT2D eigenvalue weighted by Gasteiger charge is -2.29. The van der Waals surface area contributed by atoms with Crippen LogP contribution in [0.5, 0.6) is 0 Å². The third-order valence-electron chi connectivity index (χ3n) is 3.20. The highest BCUT2D eigenvalue weighted by Crippen LogP contribution is 2.26. The van der Waals surface area contributed by atoms with Crippen LogP contribution in [0.4, 0.5) is 0 Å². The van der Waals surface area contributed by atoms with Gasteiger partial charge in [0.15, 0.2) is 0 Å². The van der Waals surface area contributed by atoms with E-state index in [4.69, 9.17) is 0 Å². The van der Waals surface area contributed by atoms with Crippen molar-refractivity contribution in [2.45, 2.75) is 50.7 Å². The van der Waals surface area contributed by atoms with Gasteiger partial charge in [-0.15, -0.1) is 0 Å². The van der Waals surface area contributed by atoms with Crippen molar-refractivity contribution in [1.82, 2.24) is 10.6 Å². The van der Waals surface area contributed by atoms with Gasteiger partial charge in [0.1, 0.15) is 0 Å². The SMILES string of the molecule is C=C(C)C(=O)NC1CC2CCC(C1)N2. The summed E-state index contributed by atoms with van der Waals surface area (Å²) in [5.41, 5.74) is 0.607. The molecule has 2 heterocycles. The van der Waals surface area contributed by atoms with E-state index in [1.54, 1.807) is 6.92 Å². The van der Waals surface area contributed by atoms with Crippen LogP contribution < -0.4 is 10.6 Å². The minimum absolute atomic E-state index is 0.0105. The third kappa shape index (κ3) is 1.98. The van der Waals surface area contributed by atoms with E-state index in [9.17, 15) is 4.79 Å². The largest absolute Gasteiger partial charge is 0.349 e. The maximum Gasteiger partial charge on any atom is 0.246 e. The van der Waals surface area contributed by atoms with Crippen LogP contribution >= 0.6 is 0 Å². The fourth-order valence-corrected chi connectivity index (χ4v) is 2.48. The molecule has 1 amide bonds. The minimum atomic E-state index is 0.0105. The molecule has 2 N–H and O–H groups in total. The molecule has 0 saturated carbocycles. The zero-order valence-electron chi connectivity index (χ0n) is 8.68. The van der Waals surface area contributed by atoms with Crippen molar-refractivity contribution in [1.29, 1.82) is 0 Å². The quantitative estimate of drug-likeness (QED) is 0.643. The molecule has 2 bridgehead atoms. The zero-order valence-corrected chi connectivity index (χ0v) is 8.68. The maximum absolute atomic E-state index is 11.4. The Kier molecular flexibility index (Phi) is 2.59. The van der Waals surface area contributed by atoms with Gasteiger partial charge in [0.25, 0.3) is 0 Å². The summed E-state index contributed by atoms with van der Waals surface area (Å²) in [6.07, 6.45) is 4.69. The van der Waals surface area contributed by atoms with Gasteiger partial charge < -0.3 is 10.6 Å². The predicted molar refractivity (Wildman–Crippen MR) is 55.9 cm³/mol. The molecule has 2 aliphatic heterocycles. The molecule has 2 atom stereocenters. The first-order chi connectivity index (χ1) is 6.65. The smallest absolute Gasteiger partial charge is 0.246 e. The summed E-state index contributed by atoms with van der Waals surface area (Å²) < 4.78 is 0. The summed E-state index contributed by atoms with van der Waals surface area (Å²) >= 11 is 0. The first-order valence-corrected chi connectivity index (χ1v) is 5.37. The van der Waals surface area contributed by atoms with Crippen LogP contribution in [-0.2, 0) is 4.79 Å². The maximum atomic E-state index is 11.4. The molecule has 2 fully saturated rings. The van der Waals surface area contributed by atoms with Crippen molar-refractivity contribution >= 4 is 5.91 Å². The van der Waals surface area contributed by atoms with Crippen LogP contribution in [-0.4, -0.2) is 24.0 Å². The molecule has 0 radical (unpaired) electrons. The number of carbonyl (C=O) groups excluding carboxylic acids is 1. The van der Waals surface area contributed by atoms with Crippen LogP contribution in [0.3, 0.4) is 0 Å². The van der Waals surface area contributed by atoms with Crippen molar-refractivity contribution in [3.05, 3.63) is 12.2 Å². The van der Waals surface area contributed by atoms with Crippen molar-refractivity contribution in [3.8, 4) is 0 Å². The standard InChI is InChI=1S/C11H18N2O/c1-7(2)11(14)13-10-5-8-3-4-9(6-10)12-8/h8-10,12H,1,3-6H2,2H3,(H,13,14). The van der Waals surface area contributed by atoms with E-state index in [0.717, 1.165) is 12.8 Å². The first-order valence-electron chi connectivity index (χ1n) is 5.37. The molecule has 0 spiro atoms. The predicted octanol–water partition coefficient (Wildman–Crippen LogP) is 0.962. The van der Waals surface area contributed by atoms with Crippen LogP contribution in [0.15, 0.2) is 12.2 Å².